The van der Waals surface area contributed by atoms with Gasteiger partial charge in [-0.05, 0) is 53.9 Å². The monoisotopic (exact) mass is 309 g/mol. The van der Waals surface area contributed by atoms with E-state index in [1.807, 2.05) is 36.5 Å². The lowest BCUT2D eigenvalue weighted by Gasteiger charge is -2.09. The van der Waals surface area contributed by atoms with E-state index in [-0.39, 0.29) is 0 Å². The van der Waals surface area contributed by atoms with Gasteiger partial charge >= 0.3 is 0 Å². The molecule has 0 atom stereocenters. The summed E-state index contributed by atoms with van der Waals surface area (Å²) in [6, 6.07) is 20.4. The maximum atomic E-state index is 9.32. The topological polar surface area (TPSA) is 41.6 Å². The number of pyridine rings is 1. The zero-order chi connectivity index (χ0) is 16.5. The molecule has 0 aliphatic carbocycles. The normalized spacial score (nSPS) is 10.7. The predicted octanol–water partition coefficient (Wildman–Crippen LogP) is 4.87. The Morgan fingerprint density at radius 2 is 1.92 bits per heavy atom. The third-order valence-corrected chi connectivity index (χ3v) is 4.32. The minimum atomic E-state index is 0.694. The summed E-state index contributed by atoms with van der Waals surface area (Å²) in [7, 11) is 0. The molecular formula is C21H15N3. The van der Waals surface area contributed by atoms with Crippen molar-refractivity contribution < 1.29 is 0 Å². The summed E-state index contributed by atoms with van der Waals surface area (Å²) in [4.78, 5) is 4.24. The Hall–Kier alpha value is -3.38. The molecule has 0 amide bonds. The maximum Gasteiger partial charge on any atom is 0.0998 e. The molecule has 2 heterocycles. The van der Waals surface area contributed by atoms with Crippen LogP contribution in [0, 0.1) is 18.3 Å². The summed E-state index contributed by atoms with van der Waals surface area (Å²) in [5.74, 6) is 0. The number of aryl methyl sites for hydroxylation is 1. The summed E-state index contributed by atoms with van der Waals surface area (Å²) < 4.78 is 2.15. The molecule has 0 bridgehead atoms. The fraction of sp³-hybridized carbons (Fsp3) is 0.0476. The third kappa shape index (κ3) is 2.26. The fourth-order valence-electron chi connectivity index (χ4n) is 3.06. The van der Waals surface area contributed by atoms with Crippen molar-refractivity contribution in [1.29, 1.82) is 5.26 Å². The van der Waals surface area contributed by atoms with E-state index in [1.165, 1.54) is 5.56 Å². The van der Waals surface area contributed by atoms with Gasteiger partial charge in [0.25, 0.3) is 0 Å². The van der Waals surface area contributed by atoms with E-state index < -0.39 is 0 Å². The van der Waals surface area contributed by atoms with Gasteiger partial charge in [0.1, 0.15) is 0 Å². The standard InChI is InChI=1S/C21H15N3/c1-15-8-10-23-14-21(15)24-11-9-17-12-16(6-7-20(17)24)19-5-3-2-4-18(19)13-22/h2-12,14H,1H3. The number of nitrogens with zero attached hydrogens (tertiary/aromatic N) is 3. The van der Waals surface area contributed by atoms with Crippen LogP contribution in [0.5, 0.6) is 0 Å². The van der Waals surface area contributed by atoms with E-state index in [1.54, 1.807) is 6.20 Å². The van der Waals surface area contributed by atoms with E-state index in [0.717, 1.165) is 27.7 Å². The number of nitriles is 1. The van der Waals surface area contributed by atoms with Crippen LogP contribution < -0.4 is 0 Å². The van der Waals surface area contributed by atoms with E-state index in [0.29, 0.717) is 5.56 Å². The molecule has 0 radical (unpaired) electrons. The average Bonchev–Trinajstić information content (AvgIpc) is 3.05. The highest BCUT2D eigenvalue weighted by Crippen LogP contribution is 2.29. The van der Waals surface area contributed by atoms with Crippen LogP contribution in [0.4, 0.5) is 0 Å². The number of fused-ring (bicyclic) bond motifs is 1. The first kappa shape index (κ1) is 14.2. The summed E-state index contributed by atoms with van der Waals surface area (Å²) in [5, 5.41) is 10.5. The Bertz CT molecular complexity index is 1080. The summed E-state index contributed by atoms with van der Waals surface area (Å²) >= 11 is 0. The van der Waals surface area contributed by atoms with E-state index >= 15 is 0 Å². The van der Waals surface area contributed by atoms with E-state index in [4.69, 9.17) is 0 Å². The molecule has 114 valence electrons. The first-order chi connectivity index (χ1) is 11.8. The molecule has 4 aromatic rings. The smallest absolute Gasteiger partial charge is 0.0998 e. The molecular weight excluding hydrogens is 294 g/mol. The van der Waals surface area contributed by atoms with Crippen LogP contribution in [0.1, 0.15) is 11.1 Å². The second-order valence-electron chi connectivity index (χ2n) is 5.78. The second kappa shape index (κ2) is 5.68. The molecule has 2 aromatic carbocycles. The van der Waals surface area contributed by atoms with Crippen molar-refractivity contribution in [3.8, 4) is 22.9 Å². The highest BCUT2D eigenvalue weighted by Gasteiger charge is 2.09. The zero-order valence-electron chi connectivity index (χ0n) is 13.3. The van der Waals surface area contributed by atoms with Gasteiger partial charge in [-0.25, -0.2) is 0 Å². The number of rotatable bonds is 2. The minimum absolute atomic E-state index is 0.694. The number of hydrogen-bond acceptors (Lipinski definition) is 2. The SMILES string of the molecule is Cc1ccncc1-n1ccc2cc(-c3ccccc3C#N)ccc21. The molecule has 0 saturated heterocycles. The van der Waals surface area contributed by atoms with Gasteiger partial charge in [-0.15, -0.1) is 0 Å². The van der Waals surface area contributed by atoms with Gasteiger partial charge < -0.3 is 4.57 Å². The van der Waals surface area contributed by atoms with Crippen molar-refractivity contribution >= 4 is 10.9 Å². The maximum absolute atomic E-state index is 9.32. The van der Waals surface area contributed by atoms with Gasteiger partial charge in [0, 0.05) is 17.8 Å². The lowest BCUT2D eigenvalue weighted by molar-refractivity contribution is 1.07. The predicted molar refractivity (Wildman–Crippen MR) is 96.0 cm³/mol. The summed E-state index contributed by atoms with van der Waals surface area (Å²) in [6.07, 6.45) is 5.75. The first-order valence-electron chi connectivity index (χ1n) is 7.79. The average molecular weight is 309 g/mol. The first-order valence-corrected chi connectivity index (χ1v) is 7.79. The van der Waals surface area contributed by atoms with Crippen LogP contribution in [0.25, 0.3) is 27.7 Å². The van der Waals surface area contributed by atoms with Crippen LogP contribution >= 0.6 is 0 Å². The van der Waals surface area contributed by atoms with Gasteiger partial charge in [-0.1, -0.05) is 24.3 Å². The zero-order valence-corrected chi connectivity index (χ0v) is 13.3. The Morgan fingerprint density at radius 3 is 2.75 bits per heavy atom. The highest BCUT2D eigenvalue weighted by atomic mass is 15.0. The van der Waals surface area contributed by atoms with Gasteiger partial charge in [0.05, 0.1) is 29.0 Å². The van der Waals surface area contributed by atoms with Crippen molar-refractivity contribution in [3.05, 3.63) is 84.3 Å². The number of hydrogen-bond donors (Lipinski definition) is 0. The van der Waals surface area contributed by atoms with Gasteiger partial charge in [-0.2, -0.15) is 5.26 Å². The van der Waals surface area contributed by atoms with Crippen molar-refractivity contribution in [2.45, 2.75) is 6.92 Å². The Labute approximate surface area is 140 Å². The van der Waals surface area contributed by atoms with Crippen molar-refractivity contribution in [3.63, 3.8) is 0 Å². The molecule has 0 fully saturated rings. The molecule has 0 unspecified atom stereocenters. The number of benzene rings is 2. The fourth-order valence-corrected chi connectivity index (χ4v) is 3.06. The molecule has 2 aromatic heterocycles. The molecule has 0 aliphatic rings. The van der Waals surface area contributed by atoms with Gasteiger partial charge in [0.15, 0.2) is 0 Å². The van der Waals surface area contributed by atoms with Gasteiger partial charge in [-0.3, -0.25) is 4.98 Å². The quantitative estimate of drug-likeness (QED) is 0.530. The Morgan fingerprint density at radius 1 is 1.04 bits per heavy atom. The molecule has 3 heteroatoms. The summed E-state index contributed by atoms with van der Waals surface area (Å²) in [6.45, 7) is 2.08. The van der Waals surface area contributed by atoms with Gasteiger partial charge in [0.2, 0.25) is 0 Å². The lowest BCUT2D eigenvalue weighted by atomic mass is 9.99. The molecule has 0 spiro atoms. The largest absolute Gasteiger partial charge is 0.315 e. The van der Waals surface area contributed by atoms with Crippen molar-refractivity contribution in [2.75, 3.05) is 0 Å². The van der Waals surface area contributed by atoms with E-state index in [2.05, 4.69) is 53.0 Å². The summed E-state index contributed by atoms with van der Waals surface area (Å²) in [5.41, 5.74) is 6.11. The molecule has 0 aliphatic heterocycles. The van der Waals surface area contributed by atoms with Crippen LogP contribution in [0.2, 0.25) is 0 Å². The number of aromatic nitrogens is 2. The molecule has 4 rings (SSSR count). The van der Waals surface area contributed by atoms with E-state index in [9.17, 15) is 5.26 Å². The highest BCUT2D eigenvalue weighted by molar-refractivity contribution is 5.88. The molecule has 0 N–H and O–H groups in total. The van der Waals surface area contributed by atoms with Crippen LogP contribution in [0.3, 0.4) is 0 Å². The molecule has 24 heavy (non-hydrogen) atoms. The molecule has 3 nitrogen and oxygen atoms in total. The van der Waals surface area contributed by atoms with Crippen LogP contribution in [-0.4, -0.2) is 9.55 Å². The van der Waals surface area contributed by atoms with Crippen LogP contribution in [-0.2, 0) is 0 Å². The lowest BCUT2D eigenvalue weighted by Crippen LogP contribution is -1.95. The molecule has 0 saturated carbocycles. The second-order valence-corrected chi connectivity index (χ2v) is 5.78. The Kier molecular flexibility index (Phi) is 3.36. The van der Waals surface area contributed by atoms with Crippen molar-refractivity contribution in [2.24, 2.45) is 0 Å². The third-order valence-electron chi connectivity index (χ3n) is 4.32. The van der Waals surface area contributed by atoms with Crippen molar-refractivity contribution in [1.82, 2.24) is 9.55 Å². The Balaban J connectivity index is 1.88. The van der Waals surface area contributed by atoms with Crippen LogP contribution in [0.15, 0.2) is 73.2 Å². The minimum Gasteiger partial charge on any atom is -0.315 e.